The lowest BCUT2D eigenvalue weighted by atomic mass is 10.0. The van der Waals surface area contributed by atoms with Crippen LogP contribution in [0.5, 0.6) is 0 Å². The molecule has 26 heavy (non-hydrogen) atoms. The van der Waals surface area contributed by atoms with E-state index in [4.69, 9.17) is 4.42 Å². The molecule has 1 heterocycles. The molecule has 3 aromatic rings. The highest BCUT2D eigenvalue weighted by Gasteiger charge is 2.26. The normalized spacial score (nSPS) is 12.2. The van der Waals surface area contributed by atoms with Gasteiger partial charge >= 0.3 is 0 Å². The molecule has 0 fully saturated rings. The van der Waals surface area contributed by atoms with Crippen molar-refractivity contribution in [2.45, 2.75) is 26.4 Å². The van der Waals surface area contributed by atoms with Crippen molar-refractivity contribution in [3.05, 3.63) is 89.4 Å². The molecule has 134 valence electrons. The largest absolute Gasteiger partial charge is 0.465 e. The first-order valence-corrected chi connectivity index (χ1v) is 8.71. The summed E-state index contributed by atoms with van der Waals surface area (Å²) >= 11 is 0. The van der Waals surface area contributed by atoms with E-state index in [-0.39, 0.29) is 5.91 Å². The lowest BCUT2D eigenvalue weighted by Gasteiger charge is -2.27. The monoisotopic (exact) mass is 348 g/mol. The van der Waals surface area contributed by atoms with E-state index < -0.39 is 6.04 Å². The minimum atomic E-state index is -0.414. The molecule has 1 N–H and O–H groups in total. The second-order valence-corrected chi connectivity index (χ2v) is 6.60. The fourth-order valence-corrected chi connectivity index (χ4v) is 3.00. The summed E-state index contributed by atoms with van der Waals surface area (Å²) in [5.74, 6) is 1.65. The van der Waals surface area contributed by atoms with Crippen molar-refractivity contribution in [2.75, 3.05) is 12.4 Å². The number of nitrogens with one attached hydrogen (secondary N) is 1. The summed E-state index contributed by atoms with van der Waals surface area (Å²) < 4.78 is 5.68. The molecular formula is C22H24N2O2. The van der Waals surface area contributed by atoms with E-state index in [9.17, 15) is 4.79 Å². The van der Waals surface area contributed by atoms with Crippen LogP contribution in [0, 0.1) is 13.8 Å². The van der Waals surface area contributed by atoms with Crippen LogP contribution in [0.25, 0.3) is 0 Å². The van der Waals surface area contributed by atoms with E-state index in [0.717, 1.165) is 28.3 Å². The van der Waals surface area contributed by atoms with Crippen molar-refractivity contribution < 1.29 is 9.21 Å². The van der Waals surface area contributed by atoms with Gasteiger partial charge in [0.15, 0.2) is 0 Å². The van der Waals surface area contributed by atoms with E-state index in [2.05, 4.69) is 5.32 Å². The SMILES string of the molecule is Cc1ccc(NC(=O)[C@H](c2ccccc2)N(C)Cc2ccc(C)o2)cc1. The lowest BCUT2D eigenvalue weighted by Crippen LogP contribution is -2.34. The maximum Gasteiger partial charge on any atom is 0.246 e. The number of likely N-dealkylation sites (N-methyl/N-ethyl adjacent to an activating group) is 1. The predicted molar refractivity (Wildman–Crippen MR) is 104 cm³/mol. The molecule has 0 aliphatic carbocycles. The Morgan fingerprint density at radius 1 is 1.00 bits per heavy atom. The van der Waals surface area contributed by atoms with Crippen molar-refractivity contribution in [1.29, 1.82) is 0 Å². The van der Waals surface area contributed by atoms with Crippen LogP contribution in [-0.4, -0.2) is 17.9 Å². The van der Waals surface area contributed by atoms with Crippen LogP contribution in [0.1, 0.15) is 28.7 Å². The highest BCUT2D eigenvalue weighted by molar-refractivity contribution is 5.95. The number of amides is 1. The summed E-state index contributed by atoms with van der Waals surface area (Å²) in [4.78, 5) is 15.0. The Kier molecular flexibility index (Phi) is 5.54. The van der Waals surface area contributed by atoms with Gasteiger partial charge in [0.1, 0.15) is 17.6 Å². The first-order chi connectivity index (χ1) is 12.5. The van der Waals surface area contributed by atoms with Crippen LogP contribution < -0.4 is 5.32 Å². The molecule has 1 aromatic heterocycles. The number of hydrogen-bond donors (Lipinski definition) is 1. The predicted octanol–water partition coefficient (Wildman–Crippen LogP) is 4.71. The van der Waals surface area contributed by atoms with Crippen molar-refractivity contribution in [3.63, 3.8) is 0 Å². The Hall–Kier alpha value is -2.85. The quantitative estimate of drug-likeness (QED) is 0.702. The zero-order valence-electron chi connectivity index (χ0n) is 15.4. The van der Waals surface area contributed by atoms with Crippen LogP contribution in [0.15, 0.2) is 71.1 Å². The van der Waals surface area contributed by atoms with E-state index >= 15 is 0 Å². The fraction of sp³-hybridized carbons (Fsp3) is 0.227. The highest BCUT2D eigenvalue weighted by Crippen LogP contribution is 2.24. The van der Waals surface area contributed by atoms with Gasteiger partial charge in [0.25, 0.3) is 0 Å². The van der Waals surface area contributed by atoms with Gasteiger partial charge in [0.2, 0.25) is 5.91 Å². The Bertz CT molecular complexity index is 853. The molecule has 1 amide bonds. The van der Waals surface area contributed by atoms with Crippen LogP contribution in [0.2, 0.25) is 0 Å². The Morgan fingerprint density at radius 3 is 2.31 bits per heavy atom. The molecule has 0 saturated carbocycles. The van der Waals surface area contributed by atoms with E-state index in [1.165, 1.54) is 0 Å². The molecule has 2 aromatic carbocycles. The zero-order valence-corrected chi connectivity index (χ0v) is 15.4. The Balaban J connectivity index is 1.82. The number of carbonyl (C=O) groups is 1. The molecule has 0 radical (unpaired) electrons. The number of nitrogens with zero attached hydrogens (tertiary/aromatic N) is 1. The molecule has 4 nitrogen and oxygen atoms in total. The number of benzene rings is 2. The van der Waals surface area contributed by atoms with Gasteiger partial charge in [-0.2, -0.15) is 0 Å². The molecule has 0 saturated heterocycles. The smallest absolute Gasteiger partial charge is 0.246 e. The van der Waals surface area contributed by atoms with Gasteiger partial charge in [0.05, 0.1) is 6.54 Å². The standard InChI is InChI=1S/C22H24N2O2/c1-16-9-12-19(13-10-16)23-22(25)21(18-7-5-4-6-8-18)24(3)15-20-14-11-17(2)26-20/h4-14,21H,15H2,1-3H3,(H,23,25)/t21-/m0/s1. The molecule has 4 heteroatoms. The second kappa shape index (κ2) is 8.02. The van der Waals surface area contributed by atoms with Crippen LogP contribution in [0.4, 0.5) is 5.69 Å². The van der Waals surface area contributed by atoms with Gasteiger partial charge < -0.3 is 9.73 Å². The van der Waals surface area contributed by atoms with Gasteiger partial charge in [-0.25, -0.2) is 0 Å². The van der Waals surface area contributed by atoms with E-state index in [1.54, 1.807) is 0 Å². The van der Waals surface area contributed by atoms with Crippen molar-refractivity contribution in [2.24, 2.45) is 0 Å². The summed E-state index contributed by atoms with van der Waals surface area (Å²) in [5.41, 5.74) is 2.90. The maximum atomic E-state index is 13.1. The van der Waals surface area contributed by atoms with Crippen LogP contribution in [-0.2, 0) is 11.3 Å². The van der Waals surface area contributed by atoms with Crippen molar-refractivity contribution in [3.8, 4) is 0 Å². The molecule has 3 rings (SSSR count). The molecule has 0 unspecified atom stereocenters. The third-order valence-corrected chi connectivity index (χ3v) is 4.32. The summed E-state index contributed by atoms with van der Waals surface area (Å²) in [6.07, 6.45) is 0. The Labute approximate surface area is 154 Å². The molecular weight excluding hydrogens is 324 g/mol. The number of anilines is 1. The molecule has 0 bridgehead atoms. The summed E-state index contributed by atoms with van der Waals surface area (Å²) in [7, 11) is 1.93. The summed E-state index contributed by atoms with van der Waals surface area (Å²) in [5, 5.41) is 3.03. The topological polar surface area (TPSA) is 45.5 Å². The number of furan rings is 1. The van der Waals surface area contributed by atoms with Crippen LogP contribution >= 0.6 is 0 Å². The van der Waals surface area contributed by atoms with E-state index in [0.29, 0.717) is 6.54 Å². The van der Waals surface area contributed by atoms with Gasteiger partial charge in [0, 0.05) is 5.69 Å². The first-order valence-electron chi connectivity index (χ1n) is 8.71. The third kappa shape index (κ3) is 4.41. The molecule has 0 aliphatic heterocycles. The van der Waals surface area contributed by atoms with Crippen molar-refractivity contribution in [1.82, 2.24) is 4.90 Å². The molecule has 0 spiro atoms. The fourth-order valence-electron chi connectivity index (χ4n) is 3.00. The highest BCUT2D eigenvalue weighted by atomic mass is 16.3. The average Bonchev–Trinajstić information content (AvgIpc) is 3.03. The number of aryl methyl sites for hydroxylation is 2. The summed E-state index contributed by atoms with van der Waals surface area (Å²) in [6.45, 7) is 4.49. The van der Waals surface area contributed by atoms with E-state index in [1.807, 2.05) is 92.5 Å². The number of carbonyl (C=O) groups excluding carboxylic acids is 1. The van der Waals surface area contributed by atoms with Gasteiger partial charge in [-0.05, 0) is 50.7 Å². The average molecular weight is 348 g/mol. The second-order valence-electron chi connectivity index (χ2n) is 6.60. The van der Waals surface area contributed by atoms with Crippen LogP contribution in [0.3, 0.4) is 0 Å². The Morgan fingerprint density at radius 2 is 1.69 bits per heavy atom. The zero-order chi connectivity index (χ0) is 18.5. The van der Waals surface area contributed by atoms with Gasteiger partial charge in [-0.3, -0.25) is 9.69 Å². The number of rotatable bonds is 6. The molecule has 0 aliphatic rings. The van der Waals surface area contributed by atoms with Gasteiger partial charge in [-0.15, -0.1) is 0 Å². The van der Waals surface area contributed by atoms with Gasteiger partial charge in [-0.1, -0.05) is 48.0 Å². The first kappa shape index (κ1) is 18.0. The maximum absolute atomic E-state index is 13.1. The van der Waals surface area contributed by atoms with Crippen molar-refractivity contribution >= 4 is 11.6 Å². The number of hydrogen-bond acceptors (Lipinski definition) is 3. The summed E-state index contributed by atoms with van der Waals surface area (Å²) in [6, 6.07) is 21.1. The lowest BCUT2D eigenvalue weighted by molar-refractivity contribution is -0.121. The minimum Gasteiger partial charge on any atom is -0.465 e. The minimum absolute atomic E-state index is 0.0640. The molecule has 1 atom stereocenters. The third-order valence-electron chi connectivity index (χ3n) is 4.32.